The Morgan fingerprint density at radius 2 is 2.28 bits per heavy atom. The first-order chi connectivity index (χ1) is 12.1. The smallest absolute Gasteiger partial charge is 0.261 e. The van der Waals surface area contributed by atoms with Gasteiger partial charge in [0.2, 0.25) is 0 Å². The zero-order chi connectivity index (χ0) is 17.4. The summed E-state index contributed by atoms with van der Waals surface area (Å²) in [5, 5.41) is 3.93. The van der Waals surface area contributed by atoms with Crippen molar-refractivity contribution in [2.24, 2.45) is 0 Å². The van der Waals surface area contributed by atoms with E-state index in [9.17, 15) is 4.79 Å². The van der Waals surface area contributed by atoms with Crippen LogP contribution in [-0.4, -0.2) is 35.1 Å². The van der Waals surface area contributed by atoms with Crippen molar-refractivity contribution >= 4 is 27.5 Å². The molecule has 3 aromatic rings. The molecular formula is C18H19N3O3S. The molecule has 130 valence electrons. The van der Waals surface area contributed by atoms with Crippen molar-refractivity contribution in [1.29, 1.82) is 0 Å². The van der Waals surface area contributed by atoms with Crippen molar-refractivity contribution in [3.05, 3.63) is 34.5 Å². The molecule has 1 aliphatic heterocycles. The molecule has 1 fully saturated rings. The number of ether oxygens (including phenoxy) is 1. The second-order valence-corrected chi connectivity index (χ2v) is 7.19. The molecule has 6 nitrogen and oxygen atoms in total. The average molecular weight is 357 g/mol. The molecule has 1 unspecified atom stereocenters. The Balaban J connectivity index is 1.64. The third-order valence-corrected chi connectivity index (χ3v) is 5.62. The van der Waals surface area contributed by atoms with Crippen LogP contribution in [0, 0.1) is 13.8 Å². The maximum atomic E-state index is 12.6. The van der Waals surface area contributed by atoms with Crippen molar-refractivity contribution in [2.45, 2.75) is 32.8 Å². The second kappa shape index (κ2) is 6.57. The number of aryl methyl sites for hydroxylation is 2. The molecule has 7 heteroatoms. The van der Waals surface area contributed by atoms with Gasteiger partial charge in [-0.15, -0.1) is 11.3 Å². The fraction of sp³-hybridized carbons (Fsp3) is 0.389. The molecule has 1 amide bonds. The topological polar surface area (TPSA) is 77.2 Å². The van der Waals surface area contributed by atoms with E-state index < -0.39 is 0 Å². The molecule has 0 bridgehead atoms. The number of carbonyl (C=O) groups is 1. The second-order valence-electron chi connectivity index (χ2n) is 6.19. The van der Waals surface area contributed by atoms with Gasteiger partial charge in [-0.05, 0) is 44.4 Å². The van der Waals surface area contributed by atoms with E-state index in [1.165, 1.54) is 11.3 Å². The highest BCUT2D eigenvalue weighted by Gasteiger charge is 2.22. The van der Waals surface area contributed by atoms with Gasteiger partial charge in [0.05, 0.1) is 22.9 Å². The van der Waals surface area contributed by atoms with Crippen LogP contribution >= 0.6 is 11.3 Å². The fourth-order valence-electron chi connectivity index (χ4n) is 3.16. The molecule has 1 aliphatic rings. The number of amides is 1. The predicted molar refractivity (Wildman–Crippen MR) is 95.9 cm³/mol. The van der Waals surface area contributed by atoms with Crippen LogP contribution in [-0.2, 0) is 4.74 Å². The Hall–Kier alpha value is -2.25. The van der Waals surface area contributed by atoms with Gasteiger partial charge in [-0.1, -0.05) is 0 Å². The quantitative estimate of drug-likeness (QED) is 0.773. The highest BCUT2D eigenvalue weighted by atomic mass is 32.1. The SMILES string of the molecule is Cc1nc(-c2ccco2)nc2sc(C(=O)NCC3CCCO3)c(C)c12. The molecule has 0 aromatic carbocycles. The number of thiophene rings is 1. The molecule has 4 heterocycles. The number of furan rings is 1. The third kappa shape index (κ3) is 3.05. The monoisotopic (exact) mass is 357 g/mol. The fourth-order valence-corrected chi connectivity index (χ4v) is 4.31. The molecule has 1 N–H and O–H groups in total. The van der Waals surface area contributed by atoms with Gasteiger partial charge in [-0.3, -0.25) is 4.79 Å². The summed E-state index contributed by atoms with van der Waals surface area (Å²) in [4.78, 5) is 23.2. The number of nitrogens with one attached hydrogen (secondary N) is 1. The molecule has 25 heavy (non-hydrogen) atoms. The lowest BCUT2D eigenvalue weighted by molar-refractivity contribution is 0.0860. The van der Waals surface area contributed by atoms with Crippen molar-refractivity contribution in [1.82, 2.24) is 15.3 Å². The highest BCUT2D eigenvalue weighted by molar-refractivity contribution is 7.20. The predicted octanol–water partition coefficient (Wildman–Crippen LogP) is 3.48. The van der Waals surface area contributed by atoms with Gasteiger partial charge in [-0.2, -0.15) is 0 Å². The van der Waals surface area contributed by atoms with Crippen molar-refractivity contribution in [2.75, 3.05) is 13.2 Å². The minimum atomic E-state index is -0.0741. The zero-order valence-electron chi connectivity index (χ0n) is 14.2. The Labute approximate surface area is 149 Å². The van der Waals surface area contributed by atoms with Crippen LogP contribution in [0.4, 0.5) is 0 Å². The Kier molecular flexibility index (Phi) is 4.27. The van der Waals surface area contributed by atoms with E-state index in [0.717, 1.165) is 40.9 Å². The van der Waals surface area contributed by atoms with Gasteiger partial charge in [-0.25, -0.2) is 9.97 Å². The van der Waals surface area contributed by atoms with E-state index in [1.807, 2.05) is 26.0 Å². The maximum absolute atomic E-state index is 12.6. The molecule has 3 aromatic heterocycles. The normalized spacial score (nSPS) is 17.3. The summed E-state index contributed by atoms with van der Waals surface area (Å²) in [5.41, 5.74) is 1.77. The van der Waals surface area contributed by atoms with Crippen molar-refractivity contribution in [3.8, 4) is 11.6 Å². The van der Waals surface area contributed by atoms with Crippen molar-refractivity contribution in [3.63, 3.8) is 0 Å². The third-order valence-electron chi connectivity index (χ3n) is 4.43. The summed E-state index contributed by atoms with van der Waals surface area (Å²) in [6.45, 7) is 5.22. The molecule has 1 saturated heterocycles. The van der Waals surface area contributed by atoms with Gasteiger partial charge in [0, 0.05) is 18.5 Å². The first kappa shape index (κ1) is 16.2. The van der Waals surface area contributed by atoms with E-state index in [0.29, 0.717) is 23.0 Å². The lowest BCUT2D eigenvalue weighted by atomic mass is 10.1. The molecular weight excluding hydrogens is 338 g/mol. The van der Waals surface area contributed by atoms with Crippen LogP contribution in [0.3, 0.4) is 0 Å². The number of aromatic nitrogens is 2. The zero-order valence-corrected chi connectivity index (χ0v) is 15.0. The van der Waals surface area contributed by atoms with Crippen LogP contribution in [0.15, 0.2) is 22.8 Å². The Morgan fingerprint density at radius 1 is 1.40 bits per heavy atom. The summed E-state index contributed by atoms with van der Waals surface area (Å²) >= 11 is 1.39. The van der Waals surface area contributed by atoms with Crippen molar-refractivity contribution < 1.29 is 13.9 Å². The first-order valence-corrected chi connectivity index (χ1v) is 9.16. The van der Waals surface area contributed by atoms with Gasteiger partial charge < -0.3 is 14.5 Å². The molecule has 0 spiro atoms. The molecule has 0 radical (unpaired) electrons. The number of hydrogen-bond donors (Lipinski definition) is 1. The lowest BCUT2D eigenvalue weighted by Crippen LogP contribution is -2.31. The Morgan fingerprint density at radius 3 is 3.00 bits per heavy atom. The Bertz CT molecular complexity index is 911. The van der Waals surface area contributed by atoms with Gasteiger partial charge in [0.25, 0.3) is 5.91 Å². The molecule has 0 aliphatic carbocycles. The van der Waals surface area contributed by atoms with E-state index >= 15 is 0 Å². The summed E-state index contributed by atoms with van der Waals surface area (Å²) in [6.07, 6.45) is 3.79. The number of rotatable bonds is 4. The maximum Gasteiger partial charge on any atom is 0.261 e. The van der Waals surface area contributed by atoms with Gasteiger partial charge in [0.15, 0.2) is 11.6 Å². The molecule has 0 saturated carbocycles. The summed E-state index contributed by atoms with van der Waals surface area (Å²) in [7, 11) is 0. The van der Waals surface area contributed by atoms with Crippen LogP contribution in [0.2, 0.25) is 0 Å². The van der Waals surface area contributed by atoms with E-state index in [4.69, 9.17) is 9.15 Å². The van der Waals surface area contributed by atoms with E-state index in [2.05, 4.69) is 15.3 Å². The van der Waals surface area contributed by atoms with Gasteiger partial charge in [0.1, 0.15) is 4.83 Å². The molecule has 4 rings (SSSR count). The average Bonchev–Trinajstić information content (AvgIpc) is 3.34. The van der Waals surface area contributed by atoms with Gasteiger partial charge >= 0.3 is 0 Å². The van der Waals surface area contributed by atoms with Crippen LogP contribution in [0.25, 0.3) is 21.8 Å². The minimum Gasteiger partial charge on any atom is -0.461 e. The number of fused-ring (bicyclic) bond motifs is 1. The summed E-state index contributed by atoms with van der Waals surface area (Å²) in [5.74, 6) is 1.10. The number of hydrogen-bond acceptors (Lipinski definition) is 6. The van der Waals surface area contributed by atoms with E-state index in [-0.39, 0.29) is 12.0 Å². The van der Waals surface area contributed by atoms with E-state index in [1.54, 1.807) is 6.26 Å². The number of nitrogens with zero attached hydrogens (tertiary/aromatic N) is 2. The summed E-state index contributed by atoms with van der Waals surface area (Å²) in [6, 6.07) is 3.64. The number of carbonyl (C=O) groups excluding carboxylic acids is 1. The van der Waals surface area contributed by atoms with Crippen LogP contribution in [0.1, 0.15) is 33.8 Å². The standard InChI is InChI=1S/C18H19N3O3S/c1-10-14-11(2)20-16(13-6-4-8-24-13)21-18(14)25-15(10)17(22)19-9-12-5-3-7-23-12/h4,6,8,12H,3,5,7,9H2,1-2H3,(H,19,22). The van der Waals surface area contributed by atoms with Crippen LogP contribution in [0.5, 0.6) is 0 Å². The minimum absolute atomic E-state index is 0.0741. The molecule has 1 atom stereocenters. The summed E-state index contributed by atoms with van der Waals surface area (Å²) < 4.78 is 11.0. The lowest BCUT2D eigenvalue weighted by Gasteiger charge is -2.10. The van der Waals surface area contributed by atoms with Crippen LogP contribution < -0.4 is 5.32 Å². The first-order valence-electron chi connectivity index (χ1n) is 8.35. The largest absolute Gasteiger partial charge is 0.461 e. The highest BCUT2D eigenvalue weighted by Crippen LogP contribution is 2.33.